The van der Waals surface area contributed by atoms with E-state index in [1.54, 1.807) is 51.1 Å². The maximum atomic E-state index is 15.5. The Morgan fingerprint density at radius 2 is 2.03 bits per heavy atom. The molecular formula is C22H29F2N4O7P. The summed E-state index contributed by atoms with van der Waals surface area (Å²) < 4.78 is 52.3. The fourth-order valence-corrected chi connectivity index (χ4v) is 4.53. The summed E-state index contributed by atoms with van der Waals surface area (Å²) in [5.41, 5.74) is 1.73. The van der Waals surface area contributed by atoms with Crippen LogP contribution in [-0.4, -0.2) is 57.3 Å². The zero-order chi connectivity index (χ0) is 26.6. The molecule has 0 saturated carbocycles. The lowest BCUT2D eigenvalue weighted by Crippen LogP contribution is -2.43. The Kier molecular flexibility index (Phi) is 8.96. The van der Waals surface area contributed by atoms with E-state index in [4.69, 9.17) is 24.3 Å². The van der Waals surface area contributed by atoms with Gasteiger partial charge in [0.05, 0.1) is 18.9 Å². The molecule has 6 atom stereocenters. The van der Waals surface area contributed by atoms with Crippen LogP contribution in [0.15, 0.2) is 41.3 Å². The number of aromatic nitrogens is 2. The van der Waals surface area contributed by atoms with Gasteiger partial charge in [-0.2, -0.15) is 4.98 Å². The van der Waals surface area contributed by atoms with E-state index in [1.807, 2.05) is 0 Å². The van der Waals surface area contributed by atoms with Crippen molar-refractivity contribution in [2.24, 2.45) is 0 Å². The molecule has 0 spiro atoms. The van der Waals surface area contributed by atoms with Crippen LogP contribution in [0, 0.1) is 5.82 Å². The zero-order valence-electron chi connectivity index (χ0n) is 20.1. The summed E-state index contributed by atoms with van der Waals surface area (Å²) in [6.07, 6.45) is -4.40. The van der Waals surface area contributed by atoms with E-state index in [0.29, 0.717) is 16.5 Å². The van der Waals surface area contributed by atoms with Gasteiger partial charge < -0.3 is 29.4 Å². The van der Waals surface area contributed by atoms with Gasteiger partial charge in [0.15, 0.2) is 23.5 Å². The number of nitrogens with two attached hydrogens (primary N) is 1. The number of nitrogens with one attached hydrogen (secondary N) is 1. The third-order valence-electron chi connectivity index (χ3n) is 5.20. The van der Waals surface area contributed by atoms with Crippen molar-refractivity contribution in [1.82, 2.24) is 14.6 Å². The normalized spacial score (nSPS) is 25.5. The van der Waals surface area contributed by atoms with E-state index in [-0.39, 0.29) is 6.10 Å². The van der Waals surface area contributed by atoms with Crippen molar-refractivity contribution >= 4 is 20.3 Å². The molecule has 2 heterocycles. The van der Waals surface area contributed by atoms with Gasteiger partial charge >= 0.3 is 20.2 Å². The summed E-state index contributed by atoms with van der Waals surface area (Å²) in [6, 6.07) is 7.77. The van der Waals surface area contributed by atoms with E-state index in [2.05, 4.69) is 10.1 Å². The highest BCUT2D eigenvalue weighted by atomic mass is 31.2. The molecule has 0 radical (unpaired) electrons. The van der Waals surface area contributed by atoms with Gasteiger partial charge in [0.25, 0.3) is 0 Å². The number of nitrogen functional groups attached to an aromatic ring is 1. The maximum absolute atomic E-state index is 15.5. The van der Waals surface area contributed by atoms with Gasteiger partial charge in [-0.1, -0.05) is 18.2 Å². The van der Waals surface area contributed by atoms with E-state index >= 15 is 4.39 Å². The molecule has 4 unspecified atom stereocenters. The first-order valence-corrected chi connectivity index (χ1v) is 12.3. The van der Waals surface area contributed by atoms with Crippen LogP contribution in [-0.2, 0) is 18.8 Å². The molecule has 198 valence electrons. The van der Waals surface area contributed by atoms with E-state index in [0.717, 1.165) is 6.92 Å². The molecule has 1 saturated heterocycles. The zero-order valence-corrected chi connectivity index (χ0v) is 21.0. The molecule has 36 heavy (non-hydrogen) atoms. The third kappa shape index (κ3) is 6.54. The molecule has 1 aliphatic heterocycles. The van der Waals surface area contributed by atoms with Crippen LogP contribution in [0.4, 0.5) is 14.6 Å². The topological polar surface area (TPSA) is 147 Å². The molecule has 11 nitrogen and oxygen atoms in total. The predicted molar refractivity (Wildman–Crippen MR) is 126 cm³/mol. The van der Waals surface area contributed by atoms with Crippen molar-refractivity contribution in [1.29, 1.82) is 0 Å². The number of rotatable bonds is 10. The fourth-order valence-electron chi connectivity index (χ4n) is 3.33. The molecule has 0 amide bonds. The first-order valence-electron chi connectivity index (χ1n) is 11.1. The highest BCUT2D eigenvalue weighted by Crippen LogP contribution is 2.43. The Bertz CT molecular complexity index is 1110. The number of hydrogen-bond acceptors (Lipinski definition) is 10. The molecule has 1 aromatic carbocycles. The number of aliphatic hydroxyl groups is 1. The van der Waals surface area contributed by atoms with E-state index in [9.17, 15) is 19.1 Å². The number of para-hydroxylation sites is 1. The Hall–Kier alpha value is -2.70. The lowest BCUT2D eigenvalue weighted by atomic mass is 9.98. The van der Waals surface area contributed by atoms with Crippen LogP contribution in [0.25, 0.3) is 0 Å². The van der Waals surface area contributed by atoms with Gasteiger partial charge in [0.2, 0.25) is 0 Å². The number of anilines is 1. The van der Waals surface area contributed by atoms with Crippen molar-refractivity contribution in [2.75, 3.05) is 12.3 Å². The number of benzene rings is 1. The molecule has 3 rings (SSSR count). The number of esters is 1. The monoisotopic (exact) mass is 530 g/mol. The number of ether oxygens (including phenoxy) is 2. The number of nitrogens with zero attached hydrogens (tertiary/aromatic N) is 2. The van der Waals surface area contributed by atoms with Crippen LogP contribution in [0.2, 0.25) is 0 Å². The Balaban J connectivity index is 1.75. The molecule has 2 aromatic rings. The van der Waals surface area contributed by atoms with Crippen molar-refractivity contribution in [3.63, 3.8) is 0 Å². The van der Waals surface area contributed by atoms with Gasteiger partial charge in [0.1, 0.15) is 24.0 Å². The molecule has 1 aliphatic rings. The van der Waals surface area contributed by atoms with Crippen LogP contribution in [0.5, 0.6) is 5.75 Å². The fraction of sp³-hybridized carbons (Fsp3) is 0.500. The highest BCUT2D eigenvalue weighted by molar-refractivity contribution is 7.45. The average molecular weight is 530 g/mol. The second kappa shape index (κ2) is 11.6. The van der Waals surface area contributed by atoms with Crippen molar-refractivity contribution in [3.05, 3.63) is 52.8 Å². The van der Waals surface area contributed by atoms with Crippen LogP contribution >= 0.6 is 8.53 Å². The lowest BCUT2D eigenvalue weighted by Gasteiger charge is -2.25. The number of hydrogen-bond donors (Lipinski definition) is 3. The summed E-state index contributed by atoms with van der Waals surface area (Å²) in [4.78, 5) is 27.7. The minimum absolute atomic E-state index is 0.332. The number of carbonyl (C=O) groups excluding carboxylic acids is 1. The standard InChI is InChI=1S/C22H29F2N4O7P/c1-12(2)33-19(30)13(3)27-36(35-14-8-6-5-7-9-14)32-11-16-17(29)22(4,24)20(34-16)28-10-15(23)18(25)26-21(28)31/h5-10,12-13,16-17,20,27,29H,11H2,1-4H3,(H2,25,26,31)/t13?,16?,17-,20?,22?,36+/m0/s1. The maximum Gasteiger partial charge on any atom is 0.351 e. The second-order valence-corrected chi connectivity index (χ2v) is 9.79. The van der Waals surface area contributed by atoms with Crippen LogP contribution in [0.3, 0.4) is 0 Å². The predicted octanol–water partition coefficient (Wildman–Crippen LogP) is 2.20. The minimum Gasteiger partial charge on any atom is -0.462 e. The number of carbonyl (C=O) groups is 1. The number of halogens is 2. The molecule has 1 aromatic heterocycles. The van der Waals surface area contributed by atoms with Gasteiger partial charge in [-0.25, -0.2) is 18.7 Å². The molecule has 0 aliphatic carbocycles. The van der Waals surface area contributed by atoms with E-state index < -0.39 is 68.6 Å². The van der Waals surface area contributed by atoms with Crippen LogP contribution in [0.1, 0.15) is 33.9 Å². The average Bonchev–Trinajstić information content (AvgIpc) is 3.03. The van der Waals surface area contributed by atoms with Crippen molar-refractivity contribution in [2.45, 2.75) is 63.9 Å². The minimum atomic E-state index is -2.51. The lowest BCUT2D eigenvalue weighted by molar-refractivity contribution is -0.149. The second-order valence-electron chi connectivity index (χ2n) is 8.58. The summed E-state index contributed by atoms with van der Waals surface area (Å²) >= 11 is 0. The Morgan fingerprint density at radius 1 is 1.36 bits per heavy atom. The number of alkyl halides is 1. The summed E-state index contributed by atoms with van der Waals surface area (Å²) in [7, 11) is -2.01. The molecule has 14 heteroatoms. The number of aliphatic hydroxyl groups excluding tert-OH is 1. The molecular weight excluding hydrogens is 501 g/mol. The Labute approximate surface area is 207 Å². The van der Waals surface area contributed by atoms with Gasteiger partial charge in [0, 0.05) is 0 Å². The quantitative estimate of drug-likeness (QED) is 0.309. The first-order chi connectivity index (χ1) is 16.9. The van der Waals surface area contributed by atoms with Crippen molar-refractivity contribution in [3.8, 4) is 5.75 Å². The van der Waals surface area contributed by atoms with E-state index in [1.165, 1.54) is 0 Å². The summed E-state index contributed by atoms with van der Waals surface area (Å²) in [5.74, 6) is -1.80. The Morgan fingerprint density at radius 3 is 2.67 bits per heavy atom. The smallest absolute Gasteiger partial charge is 0.351 e. The molecule has 1 fully saturated rings. The SMILES string of the molecule is CC(C)OC(=O)C(C)N[P@](OCC1OC(n2cc(F)c(N)nc2=O)C(C)(F)[C@H]1O)Oc1ccccc1. The largest absolute Gasteiger partial charge is 0.462 e. The third-order valence-corrected chi connectivity index (χ3v) is 6.55. The first kappa shape index (κ1) is 27.9. The molecule has 4 N–H and O–H groups in total. The van der Waals surface area contributed by atoms with Crippen LogP contribution < -0.4 is 21.0 Å². The highest BCUT2D eigenvalue weighted by Gasteiger charge is 2.55. The molecule has 0 bridgehead atoms. The van der Waals surface area contributed by atoms with Gasteiger partial charge in [-0.3, -0.25) is 9.36 Å². The summed E-state index contributed by atoms with van der Waals surface area (Å²) in [5, 5.41) is 13.5. The summed E-state index contributed by atoms with van der Waals surface area (Å²) in [6.45, 7) is 5.59. The van der Waals surface area contributed by atoms with Gasteiger partial charge in [-0.05, 0) is 39.8 Å². The van der Waals surface area contributed by atoms with Gasteiger partial charge in [-0.15, -0.1) is 0 Å². The van der Waals surface area contributed by atoms with Crippen molar-refractivity contribution < 1.29 is 37.2 Å².